The molecular weight excluding hydrogens is 428 g/mol. The lowest BCUT2D eigenvalue weighted by Crippen LogP contribution is -2.47. The Morgan fingerprint density at radius 2 is 1.82 bits per heavy atom. The van der Waals surface area contributed by atoms with Crippen LogP contribution < -0.4 is 5.56 Å². The molecule has 1 aliphatic rings. The first-order valence-corrected chi connectivity index (χ1v) is 11.3. The van der Waals surface area contributed by atoms with Crippen molar-refractivity contribution in [1.29, 1.82) is 0 Å². The van der Waals surface area contributed by atoms with Crippen LogP contribution in [0.15, 0.2) is 59.8 Å². The number of amides is 1. The van der Waals surface area contributed by atoms with E-state index in [9.17, 15) is 9.59 Å². The van der Waals surface area contributed by atoms with Crippen molar-refractivity contribution < 1.29 is 4.79 Å². The first kappa shape index (κ1) is 21.8. The molecule has 0 unspecified atom stereocenters. The Hall–Kier alpha value is -4.04. The van der Waals surface area contributed by atoms with Crippen molar-refractivity contribution in [2.24, 2.45) is 0 Å². The van der Waals surface area contributed by atoms with Crippen LogP contribution in [-0.4, -0.2) is 61.8 Å². The summed E-state index contributed by atoms with van der Waals surface area (Å²) in [5, 5.41) is 0.534. The van der Waals surface area contributed by atoms with Crippen molar-refractivity contribution in [2.45, 2.75) is 13.5 Å². The van der Waals surface area contributed by atoms with Gasteiger partial charge in [0.1, 0.15) is 5.65 Å². The van der Waals surface area contributed by atoms with Crippen molar-refractivity contribution in [1.82, 2.24) is 29.7 Å². The molecular formula is C26H26N6O2. The molecule has 1 amide bonds. The lowest BCUT2D eigenvalue weighted by atomic mass is 10.1. The van der Waals surface area contributed by atoms with Gasteiger partial charge in [0, 0.05) is 57.1 Å². The Labute approximate surface area is 197 Å². The summed E-state index contributed by atoms with van der Waals surface area (Å²) < 4.78 is 0. The Kier molecular flexibility index (Phi) is 6.05. The molecule has 0 spiro atoms. The van der Waals surface area contributed by atoms with Gasteiger partial charge in [0.15, 0.2) is 0 Å². The molecule has 172 valence electrons. The van der Waals surface area contributed by atoms with Crippen LogP contribution in [0.5, 0.6) is 0 Å². The van der Waals surface area contributed by atoms with E-state index in [1.54, 1.807) is 13.1 Å². The van der Waals surface area contributed by atoms with Gasteiger partial charge in [0.2, 0.25) is 5.91 Å². The van der Waals surface area contributed by atoms with Gasteiger partial charge in [-0.2, -0.15) is 0 Å². The van der Waals surface area contributed by atoms with E-state index in [-0.39, 0.29) is 11.5 Å². The zero-order valence-electron chi connectivity index (χ0n) is 19.0. The number of benzene rings is 1. The quantitative estimate of drug-likeness (QED) is 0.483. The molecule has 0 saturated carbocycles. The lowest BCUT2D eigenvalue weighted by molar-refractivity contribution is -0.130. The number of carbonyl (C=O) groups excluding carboxylic acids is 1. The Bertz CT molecular complexity index is 1390. The molecule has 4 aromatic rings. The van der Waals surface area contributed by atoms with Crippen LogP contribution in [0.2, 0.25) is 0 Å². The summed E-state index contributed by atoms with van der Waals surface area (Å²) in [6.45, 7) is 5.94. The van der Waals surface area contributed by atoms with E-state index in [2.05, 4.69) is 49.1 Å². The SMILES string of the molecule is CC(=O)N1CCN(Cc2ccc(C=Cc3cc(-c4cc5c(=O)[nH]cnc5[nH]4)ccn3)cc2)CC1. The van der Waals surface area contributed by atoms with Crippen molar-refractivity contribution in [3.05, 3.63) is 82.2 Å². The maximum absolute atomic E-state index is 12.0. The van der Waals surface area contributed by atoms with Crippen LogP contribution in [0.25, 0.3) is 34.4 Å². The second kappa shape index (κ2) is 9.44. The summed E-state index contributed by atoms with van der Waals surface area (Å²) in [7, 11) is 0. The average molecular weight is 455 g/mol. The number of aromatic amines is 2. The van der Waals surface area contributed by atoms with Gasteiger partial charge >= 0.3 is 0 Å². The van der Waals surface area contributed by atoms with Gasteiger partial charge in [-0.25, -0.2) is 4.98 Å². The molecule has 5 rings (SSSR count). The summed E-state index contributed by atoms with van der Waals surface area (Å²) in [6.07, 6.45) is 7.17. The molecule has 1 saturated heterocycles. The summed E-state index contributed by atoms with van der Waals surface area (Å²) in [5.41, 5.74) is 5.34. The van der Waals surface area contributed by atoms with Crippen LogP contribution in [0, 0.1) is 0 Å². The van der Waals surface area contributed by atoms with Gasteiger partial charge in [-0.05, 0) is 35.4 Å². The summed E-state index contributed by atoms with van der Waals surface area (Å²) >= 11 is 0. The monoisotopic (exact) mass is 454 g/mol. The van der Waals surface area contributed by atoms with Gasteiger partial charge < -0.3 is 14.9 Å². The van der Waals surface area contributed by atoms with Crippen molar-refractivity contribution in [3.8, 4) is 11.3 Å². The van der Waals surface area contributed by atoms with Crippen LogP contribution >= 0.6 is 0 Å². The van der Waals surface area contributed by atoms with E-state index in [1.807, 2.05) is 35.3 Å². The maximum atomic E-state index is 12.0. The molecule has 0 bridgehead atoms. The van der Waals surface area contributed by atoms with E-state index >= 15 is 0 Å². The third-order valence-corrected chi connectivity index (χ3v) is 6.17. The van der Waals surface area contributed by atoms with E-state index in [0.29, 0.717) is 11.0 Å². The molecule has 0 atom stereocenters. The molecule has 0 radical (unpaired) electrons. The fourth-order valence-corrected chi connectivity index (χ4v) is 4.21. The molecule has 1 aromatic carbocycles. The molecule has 4 heterocycles. The predicted octanol–water partition coefficient (Wildman–Crippen LogP) is 3.15. The summed E-state index contributed by atoms with van der Waals surface area (Å²) in [5.74, 6) is 0.157. The lowest BCUT2D eigenvalue weighted by Gasteiger charge is -2.34. The van der Waals surface area contributed by atoms with Gasteiger partial charge in [-0.15, -0.1) is 0 Å². The third-order valence-electron chi connectivity index (χ3n) is 6.17. The second-order valence-corrected chi connectivity index (χ2v) is 8.50. The number of nitrogens with one attached hydrogen (secondary N) is 2. The number of aromatic nitrogens is 4. The molecule has 3 aromatic heterocycles. The number of nitrogens with zero attached hydrogens (tertiary/aromatic N) is 4. The van der Waals surface area contributed by atoms with Crippen LogP contribution in [-0.2, 0) is 11.3 Å². The minimum atomic E-state index is -0.163. The Balaban J connectivity index is 1.24. The molecule has 1 fully saturated rings. The molecule has 0 aliphatic carbocycles. The highest BCUT2D eigenvalue weighted by Gasteiger charge is 2.18. The first-order chi connectivity index (χ1) is 16.5. The minimum absolute atomic E-state index is 0.157. The molecule has 1 aliphatic heterocycles. The highest BCUT2D eigenvalue weighted by molar-refractivity contribution is 5.82. The van der Waals surface area contributed by atoms with Gasteiger partial charge in [-0.1, -0.05) is 30.3 Å². The maximum Gasteiger partial charge on any atom is 0.260 e. The average Bonchev–Trinajstić information content (AvgIpc) is 3.30. The summed E-state index contributed by atoms with van der Waals surface area (Å²) in [4.78, 5) is 42.2. The minimum Gasteiger partial charge on any atom is -0.340 e. The van der Waals surface area contributed by atoms with Gasteiger partial charge in [0.25, 0.3) is 5.56 Å². The zero-order chi connectivity index (χ0) is 23.5. The van der Waals surface area contributed by atoms with E-state index in [1.165, 1.54) is 11.9 Å². The van der Waals surface area contributed by atoms with Gasteiger partial charge in [0.05, 0.1) is 17.4 Å². The number of rotatable bonds is 5. The summed E-state index contributed by atoms with van der Waals surface area (Å²) in [6, 6.07) is 14.2. The smallest absolute Gasteiger partial charge is 0.260 e. The van der Waals surface area contributed by atoms with E-state index in [4.69, 9.17) is 0 Å². The highest BCUT2D eigenvalue weighted by atomic mass is 16.2. The van der Waals surface area contributed by atoms with Crippen molar-refractivity contribution in [2.75, 3.05) is 26.2 Å². The fraction of sp³-hybridized carbons (Fsp3) is 0.231. The number of carbonyl (C=O) groups is 1. The number of hydrogen-bond donors (Lipinski definition) is 2. The Morgan fingerprint density at radius 3 is 2.56 bits per heavy atom. The number of fused-ring (bicyclic) bond motifs is 1. The van der Waals surface area contributed by atoms with Crippen LogP contribution in [0.4, 0.5) is 0 Å². The van der Waals surface area contributed by atoms with Crippen molar-refractivity contribution in [3.63, 3.8) is 0 Å². The zero-order valence-corrected chi connectivity index (χ0v) is 19.0. The fourth-order valence-electron chi connectivity index (χ4n) is 4.21. The normalized spacial score (nSPS) is 14.8. The number of H-pyrrole nitrogens is 2. The number of piperazine rings is 1. The molecule has 34 heavy (non-hydrogen) atoms. The standard InChI is InChI=1S/C26H26N6O2/c1-18(33)32-12-10-31(11-13-32)16-20-4-2-19(3-5-20)6-7-22-14-21(8-9-27-22)24-15-23-25(30-24)28-17-29-26(23)34/h2-9,14-15,17H,10-13,16H2,1H3,(H2,28,29,30,34). The topological polar surface area (TPSA) is 98.0 Å². The van der Waals surface area contributed by atoms with E-state index in [0.717, 1.165) is 55.2 Å². The van der Waals surface area contributed by atoms with Crippen molar-refractivity contribution >= 4 is 29.1 Å². The second-order valence-electron chi connectivity index (χ2n) is 8.50. The van der Waals surface area contributed by atoms with Crippen LogP contribution in [0.3, 0.4) is 0 Å². The van der Waals surface area contributed by atoms with Gasteiger partial charge in [-0.3, -0.25) is 19.5 Å². The third kappa shape index (κ3) is 4.82. The highest BCUT2D eigenvalue weighted by Crippen LogP contribution is 2.22. The van der Waals surface area contributed by atoms with Crippen LogP contribution in [0.1, 0.15) is 23.7 Å². The number of pyridine rings is 1. The molecule has 8 heteroatoms. The Morgan fingerprint density at radius 1 is 1.03 bits per heavy atom. The molecule has 8 nitrogen and oxygen atoms in total. The largest absolute Gasteiger partial charge is 0.340 e. The molecule has 2 N–H and O–H groups in total. The number of hydrogen-bond acceptors (Lipinski definition) is 5. The first-order valence-electron chi connectivity index (χ1n) is 11.3. The van der Waals surface area contributed by atoms with E-state index < -0.39 is 0 Å². The predicted molar refractivity (Wildman–Crippen MR) is 133 cm³/mol.